The largest absolute Gasteiger partial charge is 1.00 e. The number of phosphoric acid groups is 1. The molecule has 4 nitrogen and oxygen atoms in total. The van der Waals surface area contributed by atoms with Gasteiger partial charge in [-0.2, -0.15) is 0 Å². The number of hydrogen-bond acceptors (Lipinski definition) is 1. The van der Waals surface area contributed by atoms with E-state index in [1.807, 2.05) is 0 Å². The predicted molar refractivity (Wildman–Crippen MR) is 17.6 cm³/mol. The molecule has 46 valence electrons. The van der Waals surface area contributed by atoms with Gasteiger partial charge >= 0.3 is 64.4 Å². The van der Waals surface area contributed by atoms with E-state index in [2.05, 4.69) is 0 Å². The van der Waals surface area contributed by atoms with Gasteiger partial charge in [0, 0.05) is 17.1 Å². The Morgan fingerprint density at radius 2 is 1.00 bits per heavy atom. The Balaban J connectivity index is -0.00000000381. The minimum Gasteiger partial charge on any atom is -1.00 e. The maximum atomic E-state index is 8.88. The molecule has 0 aliphatic heterocycles. The van der Waals surface area contributed by atoms with Crippen LogP contribution in [0, 0.1) is 0 Å². The quantitative estimate of drug-likeness (QED) is 0.254. The Bertz CT molecular complexity index is 71.7. The maximum Gasteiger partial charge on any atom is 1.00 e. The number of hydrogen-bond donors (Lipinski definition) is 3. The van der Waals surface area contributed by atoms with Crippen LogP contribution in [0.3, 0.4) is 0 Å². The fraction of sp³-hybridized carbons (Fsp3) is 0. The average molecular weight is 178 g/mol. The average Bonchev–Trinajstić information content (AvgIpc) is 0.722. The molecular formula is H6FeLi3O4P. The standard InChI is InChI=1S/Fe.3Li.H3O4P.3H/c;;;;1-5(2,3)4;;;/h;;;;(H3,1,2,3,4);;;/q;3*+1;;3*-1. The van der Waals surface area contributed by atoms with E-state index >= 15 is 0 Å². The zero-order valence-electron chi connectivity index (χ0n) is 8.55. The summed E-state index contributed by atoms with van der Waals surface area (Å²) in [6.45, 7) is 0. The van der Waals surface area contributed by atoms with Crippen molar-refractivity contribution in [3.63, 3.8) is 0 Å². The van der Waals surface area contributed by atoms with Crippen molar-refractivity contribution in [1.29, 1.82) is 0 Å². The van der Waals surface area contributed by atoms with Gasteiger partial charge in [0.2, 0.25) is 0 Å². The summed E-state index contributed by atoms with van der Waals surface area (Å²) in [5.41, 5.74) is 0. The Kier molecular flexibility index (Phi) is 43.6. The molecule has 0 heterocycles. The van der Waals surface area contributed by atoms with Crippen molar-refractivity contribution in [1.82, 2.24) is 0 Å². The zero-order valence-corrected chi connectivity index (χ0v) is 7.55. The smallest absolute Gasteiger partial charge is 1.00 e. The van der Waals surface area contributed by atoms with Crippen molar-refractivity contribution < 1.29 is 97.2 Å². The summed E-state index contributed by atoms with van der Waals surface area (Å²) in [6.07, 6.45) is 0. The fourth-order valence-corrected chi connectivity index (χ4v) is 0. The zero-order chi connectivity index (χ0) is 4.50. The fourth-order valence-electron chi connectivity index (χ4n) is 0. The van der Waals surface area contributed by atoms with Crippen LogP contribution in [0.25, 0.3) is 0 Å². The first kappa shape index (κ1) is 30.1. The van der Waals surface area contributed by atoms with Gasteiger partial charge in [-0.3, -0.25) is 0 Å². The first-order valence-electron chi connectivity index (χ1n) is 0.783. The van der Waals surface area contributed by atoms with Crippen LogP contribution in [0.15, 0.2) is 0 Å². The van der Waals surface area contributed by atoms with Crippen LogP contribution in [0.4, 0.5) is 0 Å². The third kappa shape index (κ3) is 126. The van der Waals surface area contributed by atoms with Crippen LogP contribution in [0.2, 0.25) is 0 Å². The van der Waals surface area contributed by atoms with Crippen LogP contribution in [0.5, 0.6) is 0 Å². The summed E-state index contributed by atoms with van der Waals surface area (Å²) in [7, 11) is -4.64. The van der Waals surface area contributed by atoms with Crippen molar-refractivity contribution in [2.75, 3.05) is 0 Å². The molecule has 0 saturated carbocycles. The van der Waals surface area contributed by atoms with Crippen molar-refractivity contribution in [2.45, 2.75) is 0 Å². The van der Waals surface area contributed by atoms with Gasteiger partial charge in [-0.15, -0.1) is 0 Å². The van der Waals surface area contributed by atoms with Crippen molar-refractivity contribution in [3.8, 4) is 0 Å². The van der Waals surface area contributed by atoms with Crippen LogP contribution in [0.1, 0.15) is 4.28 Å². The van der Waals surface area contributed by atoms with Gasteiger partial charge < -0.3 is 19.0 Å². The molecule has 0 aromatic rings. The topological polar surface area (TPSA) is 77.8 Å². The van der Waals surface area contributed by atoms with Gasteiger partial charge in [0.1, 0.15) is 0 Å². The van der Waals surface area contributed by atoms with Crippen LogP contribution < -0.4 is 56.6 Å². The maximum absolute atomic E-state index is 8.88. The molecule has 0 rings (SSSR count). The molecule has 9 heavy (non-hydrogen) atoms. The van der Waals surface area contributed by atoms with Crippen molar-refractivity contribution >= 4 is 7.82 Å². The summed E-state index contributed by atoms with van der Waals surface area (Å²) in [5, 5.41) is 0. The van der Waals surface area contributed by atoms with E-state index in [0.29, 0.717) is 0 Å². The molecule has 0 amide bonds. The van der Waals surface area contributed by atoms with E-state index in [1.54, 1.807) is 0 Å². The molecule has 0 aromatic heterocycles. The minimum absolute atomic E-state index is 0. The third-order valence-electron chi connectivity index (χ3n) is 0. The molecular weight excluding hydrogens is 172 g/mol. The van der Waals surface area contributed by atoms with Gasteiger partial charge in [0.25, 0.3) is 0 Å². The molecule has 0 aliphatic rings. The Morgan fingerprint density at radius 3 is 1.00 bits per heavy atom. The second-order valence-corrected chi connectivity index (χ2v) is 1.54. The molecule has 0 bridgehead atoms. The molecule has 0 aliphatic carbocycles. The van der Waals surface area contributed by atoms with E-state index < -0.39 is 7.82 Å². The number of rotatable bonds is 0. The molecule has 0 aromatic carbocycles. The van der Waals surface area contributed by atoms with Gasteiger partial charge in [0.05, 0.1) is 0 Å². The Morgan fingerprint density at radius 1 is 1.00 bits per heavy atom. The van der Waals surface area contributed by atoms with E-state index in [-0.39, 0.29) is 77.9 Å². The SMILES string of the molecule is O=P(O)(O)O.[Fe].[H-].[H-].[H-].[Li+].[Li+].[Li+]. The Hall–Kier alpha value is 2.42. The van der Waals surface area contributed by atoms with Gasteiger partial charge in [-0.25, -0.2) is 4.57 Å². The molecule has 0 unspecified atom stereocenters. The predicted octanol–water partition coefficient (Wildman–Crippen LogP) is -9.58. The van der Waals surface area contributed by atoms with Gasteiger partial charge in [-0.1, -0.05) is 0 Å². The van der Waals surface area contributed by atoms with Crippen molar-refractivity contribution in [2.24, 2.45) is 0 Å². The first-order chi connectivity index (χ1) is 2.00. The third-order valence-corrected chi connectivity index (χ3v) is 0. The summed E-state index contributed by atoms with van der Waals surface area (Å²) < 4.78 is 8.88. The van der Waals surface area contributed by atoms with E-state index in [0.717, 1.165) is 0 Å². The molecule has 3 N–H and O–H groups in total. The Labute approximate surface area is 104 Å². The molecule has 0 spiro atoms. The molecule has 0 radical (unpaired) electrons. The summed E-state index contributed by atoms with van der Waals surface area (Å²) in [6, 6.07) is 0. The van der Waals surface area contributed by atoms with Gasteiger partial charge in [-0.05, 0) is 0 Å². The molecule has 0 saturated heterocycles. The van der Waals surface area contributed by atoms with E-state index in [1.165, 1.54) is 0 Å². The first-order valence-corrected chi connectivity index (χ1v) is 2.35. The second-order valence-electron chi connectivity index (χ2n) is 0.513. The molecule has 0 fully saturated rings. The van der Waals surface area contributed by atoms with Crippen LogP contribution in [-0.2, 0) is 21.6 Å². The second kappa shape index (κ2) is 13.0. The van der Waals surface area contributed by atoms with Crippen LogP contribution >= 0.6 is 7.82 Å². The van der Waals surface area contributed by atoms with Gasteiger partial charge in [0.15, 0.2) is 0 Å². The monoisotopic (exact) mass is 178 g/mol. The summed E-state index contributed by atoms with van der Waals surface area (Å²) in [4.78, 5) is 21.6. The van der Waals surface area contributed by atoms with Crippen LogP contribution in [-0.4, -0.2) is 14.7 Å². The van der Waals surface area contributed by atoms with Crippen molar-refractivity contribution in [3.05, 3.63) is 0 Å². The van der Waals surface area contributed by atoms with E-state index in [9.17, 15) is 0 Å². The molecule has 9 heteroatoms. The molecule has 0 atom stereocenters. The summed E-state index contributed by atoms with van der Waals surface area (Å²) >= 11 is 0. The minimum atomic E-state index is -4.64. The normalized spacial score (nSPS) is 6.56. The summed E-state index contributed by atoms with van der Waals surface area (Å²) in [5.74, 6) is 0. The van der Waals surface area contributed by atoms with E-state index in [4.69, 9.17) is 19.2 Å².